The summed E-state index contributed by atoms with van der Waals surface area (Å²) in [4.78, 5) is 10.5. The highest BCUT2D eigenvalue weighted by Gasteiger charge is 2.47. The highest BCUT2D eigenvalue weighted by Crippen LogP contribution is 2.39. The van der Waals surface area contributed by atoms with Crippen molar-refractivity contribution in [1.82, 2.24) is 0 Å². The van der Waals surface area contributed by atoms with Crippen molar-refractivity contribution in [3.63, 3.8) is 0 Å². The Morgan fingerprint density at radius 2 is 1.92 bits per heavy atom. The number of nitrogens with zero attached hydrogens (tertiary/aromatic N) is 1. The van der Waals surface area contributed by atoms with Crippen molar-refractivity contribution in [1.29, 1.82) is 0 Å². The normalized spacial score (nSPS) is 19.3. The van der Waals surface area contributed by atoms with E-state index in [-0.39, 0.29) is 11.8 Å². The number of nitro benzene ring substituents is 1. The number of hydrogen-bond acceptors (Lipinski definition) is 5. The van der Waals surface area contributed by atoms with E-state index in [2.05, 4.69) is 0 Å². The van der Waals surface area contributed by atoms with Crippen molar-refractivity contribution in [2.24, 2.45) is 0 Å². The highest BCUT2D eigenvalue weighted by atomic mass is 16.7. The van der Waals surface area contributed by atoms with Crippen LogP contribution in [0.2, 0.25) is 0 Å². The van der Waals surface area contributed by atoms with Crippen molar-refractivity contribution < 1.29 is 19.0 Å². The maximum atomic E-state index is 11.0. The summed E-state index contributed by atoms with van der Waals surface area (Å²) >= 11 is 0. The van der Waals surface area contributed by atoms with Crippen LogP contribution in [0.25, 0.3) is 0 Å². The van der Waals surface area contributed by atoms with Gasteiger partial charge in [-0.05, 0) is 37.0 Å². The fraction of sp³-hybridized carbons (Fsp3) is 0.294. The second-order valence-electron chi connectivity index (χ2n) is 6.19. The van der Waals surface area contributed by atoms with Crippen LogP contribution in [0, 0.1) is 10.1 Å². The molecule has 1 aliphatic heterocycles. The van der Waals surface area contributed by atoms with Gasteiger partial charge in [-0.15, -0.1) is 0 Å². The third kappa shape index (κ3) is 3.13. The molecule has 0 aromatic heterocycles. The Kier molecular flexibility index (Phi) is 4.30. The minimum atomic E-state index is -0.646. The Hall–Kier alpha value is -2.38. The number of non-ortho nitro benzene ring substituents is 1. The summed E-state index contributed by atoms with van der Waals surface area (Å²) < 4.78 is 17.3. The van der Waals surface area contributed by atoms with Crippen LogP contribution < -0.4 is 10.2 Å². The average molecular weight is 327 g/mol. The van der Waals surface area contributed by atoms with Gasteiger partial charge < -0.3 is 14.0 Å². The first-order chi connectivity index (χ1) is 11.4. The molecule has 1 saturated heterocycles. The van der Waals surface area contributed by atoms with Crippen molar-refractivity contribution in [3.05, 3.63) is 64.2 Å². The molecular formula is C17H18BNO5. The molecule has 24 heavy (non-hydrogen) atoms. The van der Waals surface area contributed by atoms with Gasteiger partial charge in [-0.25, -0.2) is 0 Å². The topological polar surface area (TPSA) is 70.8 Å². The fourth-order valence-corrected chi connectivity index (χ4v) is 2.84. The van der Waals surface area contributed by atoms with Gasteiger partial charge in [-0.1, -0.05) is 24.3 Å². The van der Waals surface area contributed by atoms with Gasteiger partial charge in [0, 0.05) is 12.1 Å². The quantitative estimate of drug-likeness (QED) is 0.491. The van der Waals surface area contributed by atoms with Crippen LogP contribution in [-0.2, 0) is 9.31 Å². The summed E-state index contributed by atoms with van der Waals surface area (Å²) in [6.07, 6.45) is -0.285. The molecule has 1 aliphatic rings. The van der Waals surface area contributed by atoms with E-state index in [9.17, 15) is 10.1 Å². The molecule has 0 bridgehead atoms. The minimum absolute atomic E-state index is 0.0189. The summed E-state index contributed by atoms with van der Waals surface area (Å²) in [5.74, 6) is 0.769. The molecule has 124 valence electrons. The summed E-state index contributed by atoms with van der Waals surface area (Å²) in [7, 11) is 0.971. The summed E-state index contributed by atoms with van der Waals surface area (Å²) in [6, 6.07) is 13.9. The number of hydrogen-bond donors (Lipinski definition) is 0. The standard InChI is InChI=1S/C17H18BNO5/c1-17(2)16(12-7-9-15(22-3)10-8-12)23-18(24-17)13-5-4-6-14(11-13)19(20)21/h4-11,16H,1-3H3. The predicted octanol–water partition coefficient (Wildman–Crippen LogP) is 2.87. The molecule has 2 aromatic carbocycles. The first kappa shape index (κ1) is 16.5. The zero-order chi connectivity index (χ0) is 17.3. The first-order valence-electron chi connectivity index (χ1n) is 7.62. The number of methoxy groups -OCH3 is 1. The van der Waals surface area contributed by atoms with Gasteiger partial charge in [0.25, 0.3) is 5.69 Å². The number of nitro groups is 1. The van der Waals surface area contributed by atoms with Gasteiger partial charge in [0.1, 0.15) is 5.75 Å². The molecule has 0 spiro atoms. The average Bonchev–Trinajstić information content (AvgIpc) is 2.90. The Balaban J connectivity index is 1.86. The molecule has 0 N–H and O–H groups in total. The van der Waals surface area contributed by atoms with Gasteiger partial charge in [0.2, 0.25) is 0 Å². The molecule has 0 radical (unpaired) electrons. The molecule has 0 aliphatic carbocycles. The van der Waals surface area contributed by atoms with Gasteiger partial charge in [-0.3, -0.25) is 10.1 Å². The van der Waals surface area contributed by atoms with Gasteiger partial charge in [-0.2, -0.15) is 0 Å². The minimum Gasteiger partial charge on any atom is -0.497 e. The lowest BCUT2D eigenvalue weighted by Crippen LogP contribution is -2.34. The van der Waals surface area contributed by atoms with Crippen molar-refractivity contribution >= 4 is 18.3 Å². The third-order valence-electron chi connectivity index (χ3n) is 4.07. The molecule has 1 fully saturated rings. The van der Waals surface area contributed by atoms with Crippen LogP contribution in [-0.4, -0.2) is 24.8 Å². The van der Waals surface area contributed by atoms with Crippen LogP contribution in [0.4, 0.5) is 5.69 Å². The largest absolute Gasteiger partial charge is 0.497 e. The molecule has 1 atom stereocenters. The lowest BCUT2D eigenvalue weighted by Gasteiger charge is -2.25. The first-order valence-corrected chi connectivity index (χ1v) is 7.62. The molecule has 6 nitrogen and oxygen atoms in total. The van der Waals surface area contributed by atoms with E-state index in [1.54, 1.807) is 19.2 Å². The molecular weight excluding hydrogens is 309 g/mol. The van der Waals surface area contributed by atoms with E-state index >= 15 is 0 Å². The summed E-state index contributed by atoms with van der Waals surface area (Å²) in [5.41, 5.74) is 1.05. The second kappa shape index (κ2) is 6.26. The van der Waals surface area contributed by atoms with E-state index in [1.807, 2.05) is 38.1 Å². The number of rotatable bonds is 4. The molecule has 0 saturated carbocycles. The number of ether oxygens (including phenoxy) is 1. The molecule has 3 rings (SSSR count). The molecule has 2 aromatic rings. The van der Waals surface area contributed by atoms with E-state index < -0.39 is 17.6 Å². The van der Waals surface area contributed by atoms with Gasteiger partial charge in [0.15, 0.2) is 0 Å². The summed E-state index contributed by atoms with van der Waals surface area (Å²) in [5, 5.41) is 11.0. The Labute approximate surface area is 140 Å². The molecule has 1 unspecified atom stereocenters. The smallest absolute Gasteiger partial charge is 0.495 e. The van der Waals surface area contributed by atoms with E-state index in [0.717, 1.165) is 11.3 Å². The number of benzene rings is 2. The van der Waals surface area contributed by atoms with Crippen molar-refractivity contribution in [2.45, 2.75) is 25.6 Å². The van der Waals surface area contributed by atoms with Crippen LogP contribution in [0.5, 0.6) is 5.75 Å². The van der Waals surface area contributed by atoms with Crippen molar-refractivity contribution in [3.8, 4) is 5.75 Å². The van der Waals surface area contributed by atoms with E-state index in [1.165, 1.54) is 12.1 Å². The highest BCUT2D eigenvalue weighted by molar-refractivity contribution is 6.62. The Morgan fingerprint density at radius 1 is 1.21 bits per heavy atom. The Morgan fingerprint density at radius 3 is 2.54 bits per heavy atom. The maximum absolute atomic E-state index is 11.0. The molecule has 7 heteroatoms. The third-order valence-corrected chi connectivity index (χ3v) is 4.07. The van der Waals surface area contributed by atoms with Gasteiger partial charge in [0.05, 0.1) is 23.7 Å². The van der Waals surface area contributed by atoms with Crippen LogP contribution in [0.3, 0.4) is 0 Å². The monoisotopic (exact) mass is 327 g/mol. The maximum Gasteiger partial charge on any atom is 0.495 e. The lowest BCUT2D eigenvalue weighted by atomic mass is 9.79. The molecule has 0 amide bonds. The second-order valence-corrected chi connectivity index (χ2v) is 6.19. The predicted molar refractivity (Wildman–Crippen MR) is 90.5 cm³/mol. The van der Waals surface area contributed by atoms with Crippen LogP contribution in [0.15, 0.2) is 48.5 Å². The zero-order valence-corrected chi connectivity index (χ0v) is 13.8. The van der Waals surface area contributed by atoms with E-state index in [0.29, 0.717) is 5.46 Å². The Bertz CT molecular complexity index is 747. The van der Waals surface area contributed by atoms with Crippen LogP contribution >= 0.6 is 0 Å². The summed E-state index contributed by atoms with van der Waals surface area (Å²) in [6.45, 7) is 3.89. The SMILES string of the molecule is COc1ccc(C2OB(c3cccc([N+](=O)[O-])c3)OC2(C)C)cc1. The van der Waals surface area contributed by atoms with Crippen molar-refractivity contribution in [2.75, 3.05) is 7.11 Å². The van der Waals surface area contributed by atoms with Crippen LogP contribution in [0.1, 0.15) is 25.5 Å². The van der Waals surface area contributed by atoms with E-state index in [4.69, 9.17) is 14.0 Å². The fourth-order valence-electron chi connectivity index (χ4n) is 2.84. The lowest BCUT2D eigenvalue weighted by molar-refractivity contribution is -0.384. The molecule has 1 heterocycles. The zero-order valence-electron chi connectivity index (χ0n) is 13.8. The van der Waals surface area contributed by atoms with Gasteiger partial charge >= 0.3 is 7.12 Å².